The second kappa shape index (κ2) is 14.1. The topological polar surface area (TPSA) is 64.1 Å². The van der Waals surface area contributed by atoms with Crippen molar-refractivity contribution >= 4 is 29.9 Å². The van der Waals surface area contributed by atoms with Crippen molar-refractivity contribution < 1.29 is 14.2 Å². The van der Waals surface area contributed by atoms with E-state index in [-0.39, 0.29) is 24.0 Å². The number of guanidine groups is 1. The number of halogens is 1. The van der Waals surface area contributed by atoms with Gasteiger partial charge in [0, 0.05) is 39.5 Å². The van der Waals surface area contributed by atoms with E-state index in [9.17, 15) is 0 Å². The number of hydrogen-bond acceptors (Lipinski definition) is 4. The molecule has 2 unspecified atom stereocenters. The molecule has 2 rings (SSSR count). The van der Waals surface area contributed by atoms with Crippen molar-refractivity contribution in [3.8, 4) is 0 Å². The first-order valence-corrected chi connectivity index (χ1v) is 9.21. The van der Waals surface area contributed by atoms with E-state index < -0.39 is 0 Å². The van der Waals surface area contributed by atoms with Crippen LogP contribution in [0.3, 0.4) is 0 Å². The van der Waals surface area contributed by atoms with E-state index in [0.717, 1.165) is 71.3 Å². The lowest BCUT2D eigenvalue weighted by Gasteiger charge is -2.14. The molecule has 0 aromatic rings. The summed E-state index contributed by atoms with van der Waals surface area (Å²) in [7, 11) is 0. The summed E-state index contributed by atoms with van der Waals surface area (Å²) in [5.41, 5.74) is 0. The Morgan fingerprint density at radius 1 is 1.12 bits per heavy atom. The average molecular weight is 455 g/mol. The number of rotatable bonds is 10. The monoisotopic (exact) mass is 455 g/mol. The van der Waals surface area contributed by atoms with Gasteiger partial charge in [-0.1, -0.05) is 0 Å². The van der Waals surface area contributed by atoms with E-state index in [1.54, 1.807) is 0 Å². The zero-order valence-corrected chi connectivity index (χ0v) is 17.3. The quantitative estimate of drug-likeness (QED) is 0.229. The molecule has 2 atom stereocenters. The van der Waals surface area contributed by atoms with Gasteiger partial charge in [-0.25, -0.2) is 0 Å². The summed E-state index contributed by atoms with van der Waals surface area (Å²) in [4.78, 5) is 4.59. The molecule has 0 aromatic carbocycles. The van der Waals surface area contributed by atoms with Crippen molar-refractivity contribution in [1.29, 1.82) is 0 Å². The largest absolute Gasteiger partial charge is 0.379 e. The summed E-state index contributed by atoms with van der Waals surface area (Å²) in [6, 6.07) is 0. The van der Waals surface area contributed by atoms with Crippen molar-refractivity contribution in [3.63, 3.8) is 0 Å². The van der Waals surface area contributed by atoms with Crippen LogP contribution < -0.4 is 10.6 Å². The van der Waals surface area contributed by atoms with Gasteiger partial charge in [-0.3, -0.25) is 4.99 Å². The predicted octanol–water partition coefficient (Wildman–Crippen LogP) is 2.31. The van der Waals surface area contributed by atoms with Crippen LogP contribution in [0.1, 0.15) is 45.4 Å². The van der Waals surface area contributed by atoms with Gasteiger partial charge in [-0.2, -0.15) is 0 Å². The number of nitrogens with zero attached hydrogens (tertiary/aromatic N) is 1. The van der Waals surface area contributed by atoms with E-state index in [1.165, 1.54) is 19.3 Å². The standard InChI is InChI=1S/C17H33N3O3.HI/c1-2-18-17(20-10-8-15-6-3-12-22-15)19-9-5-11-21-14-16-7-4-13-23-16;/h15-16H,2-14H2,1H3,(H2,18,19,20);1H. The lowest BCUT2D eigenvalue weighted by atomic mass is 10.2. The van der Waals surface area contributed by atoms with Gasteiger partial charge < -0.3 is 24.8 Å². The smallest absolute Gasteiger partial charge is 0.191 e. The molecule has 0 radical (unpaired) electrons. The molecule has 2 saturated heterocycles. The Balaban J connectivity index is 0.00000288. The Bertz CT molecular complexity index is 333. The van der Waals surface area contributed by atoms with Crippen molar-refractivity contribution in [1.82, 2.24) is 10.6 Å². The molecule has 7 heteroatoms. The van der Waals surface area contributed by atoms with E-state index >= 15 is 0 Å². The molecule has 2 fully saturated rings. The van der Waals surface area contributed by atoms with Gasteiger partial charge in [0.1, 0.15) is 0 Å². The van der Waals surface area contributed by atoms with E-state index in [2.05, 4.69) is 22.5 Å². The van der Waals surface area contributed by atoms with Crippen molar-refractivity contribution in [2.45, 2.75) is 57.7 Å². The van der Waals surface area contributed by atoms with Crippen LogP contribution in [-0.4, -0.2) is 64.2 Å². The van der Waals surface area contributed by atoms with Crippen LogP contribution in [-0.2, 0) is 14.2 Å². The molecule has 6 nitrogen and oxygen atoms in total. The fourth-order valence-electron chi connectivity index (χ4n) is 2.91. The highest BCUT2D eigenvalue weighted by molar-refractivity contribution is 14.0. The van der Waals surface area contributed by atoms with Crippen LogP contribution in [0.25, 0.3) is 0 Å². The molecule has 2 N–H and O–H groups in total. The summed E-state index contributed by atoms with van der Waals surface area (Å²) in [6.07, 6.45) is 7.43. The van der Waals surface area contributed by atoms with Gasteiger partial charge in [-0.15, -0.1) is 24.0 Å². The Labute approximate surface area is 163 Å². The lowest BCUT2D eigenvalue weighted by molar-refractivity contribution is 0.0171. The van der Waals surface area contributed by atoms with Gasteiger partial charge in [0.05, 0.1) is 18.8 Å². The highest BCUT2D eigenvalue weighted by atomic mass is 127. The molecule has 0 aliphatic carbocycles. The van der Waals surface area contributed by atoms with Crippen molar-refractivity contribution in [2.75, 3.05) is 46.1 Å². The fraction of sp³-hybridized carbons (Fsp3) is 0.941. The van der Waals surface area contributed by atoms with Crippen LogP contribution in [0.4, 0.5) is 0 Å². The zero-order chi connectivity index (χ0) is 16.2. The third-order valence-electron chi connectivity index (χ3n) is 4.17. The minimum atomic E-state index is 0. The Morgan fingerprint density at radius 3 is 2.54 bits per heavy atom. The molecule has 0 spiro atoms. The number of hydrogen-bond donors (Lipinski definition) is 2. The minimum absolute atomic E-state index is 0. The molecule has 2 heterocycles. The van der Waals surface area contributed by atoms with Crippen LogP contribution in [0, 0.1) is 0 Å². The van der Waals surface area contributed by atoms with E-state index in [1.807, 2.05) is 0 Å². The maximum absolute atomic E-state index is 5.66. The highest BCUT2D eigenvalue weighted by Crippen LogP contribution is 2.14. The van der Waals surface area contributed by atoms with E-state index in [0.29, 0.717) is 12.2 Å². The molecule has 2 aliphatic rings. The molecule has 24 heavy (non-hydrogen) atoms. The maximum atomic E-state index is 5.66. The summed E-state index contributed by atoms with van der Waals surface area (Å²) < 4.78 is 16.8. The molecule has 0 amide bonds. The normalized spacial score (nSPS) is 24.0. The summed E-state index contributed by atoms with van der Waals surface area (Å²) >= 11 is 0. The van der Waals surface area contributed by atoms with Crippen LogP contribution in [0.2, 0.25) is 0 Å². The minimum Gasteiger partial charge on any atom is -0.379 e. The average Bonchev–Trinajstić information content (AvgIpc) is 3.24. The molecule has 142 valence electrons. The number of aliphatic imine (C=N–C) groups is 1. The van der Waals surface area contributed by atoms with Gasteiger partial charge >= 0.3 is 0 Å². The number of ether oxygens (including phenoxy) is 3. The third-order valence-corrected chi connectivity index (χ3v) is 4.17. The molecule has 0 bridgehead atoms. The summed E-state index contributed by atoms with van der Waals surface area (Å²) in [5.74, 6) is 0.893. The van der Waals surface area contributed by atoms with Gasteiger partial charge in [0.2, 0.25) is 0 Å². The van der Waals surface area contributed by atoms with Crippen LogP contribution >= 0.6 is 24.0 Å². The van der Waals surface area contributed by atoms with Crippen molar-refractivity contribution in [2.24, 2.45) is 4.99 Å². The summed E-state index contributed by atoms with van der Waals surface area (Å²) in [6.45, 7) is 7.94. The van der Waals surface area contributed by atoms with Gasteiger partial charge in [0.25, 0.3) is 0 Å². The fourth-order valence-corrected chi connectivity index (χ4v) is 2.91. The Hall–Kier alpha value is -0.120. The third kappa shape index (κ3) is 9.39. The first-order valence-electron chi connectivity index (χ1n) is 9.21. The van der Waals surface area contributed by atoms with Crippen LogP contribution in [0.15, 0.2) is 4.99 Å². The Kier molecular flexibility index (Phi) is 12.9. The molecule has 0 saturated carbocycles. The summed E-state index contributed by atoms with van der Waals surface area (Å²) in [5, 5.41) is 6.66. The zero-order valence-electron chi connectivity index (χ0n) is 14.9. The molecular weight excluding hydrogens is 421 g/mol. The highest BCUT2D eigenvalue weighted by Gasteiger charge is 2.15. The lowest BCUT2D eigenvalue weighted by Crippen LogP contribution is -2.38. The van der Waals surface area contributed by atoms with Crippen molar-refractivity contribution in [3.05, 3.63) is 0 Å². The molecular formula is C17H34IN3O3. The van der Waals surface area contributed by atoms with Gasteiger partial charge in [0.15, 0.2) is 5.96 Å². The molecule has 0 aromatic heterocycles. The van der Waals surface area contributed by atoms with E-state index in [4.69, 9.17) is 14.2 Å². The number of nitrogens with one attached hydrogen (secondary N) is 2. The van der Waals surface area contributed by atoms with Gasteiger partial charge in [-0.05, 0) is 45.4 Å². The first kappa shape index (κ1) is 21.9. The first-order chi connectivity index (χ1) is 11.4. The van der Waals surface area contributed by atoms with Crippen LogP contribution in [0.5, 0.6) is 0 Å². The molecule has 2 aliphatic heterocycles. The second-order valence-corrected chi connectivity index (χ2v) is 6.17. The SMILES string of the molecule is CCNC(=NCCCOCC1CCCO1)NCCC1CCCO1.I. The maximum Gasteiger partial charge on any atom is 0.191 e. The predicted molar refractivity (Wildman–Crippen MR) is 107 cm³/mol. The Morgan fingerprint density at radius 2 is 1.88 bits per heavy atom. The second-order valence-electron chi connectivity index (χ2n) is 6.17.